The lowest BCUT2D eigenvalue weighted by Gasteiger charge is -2.25. The van der Waals surface area contributed by atoms with Crippen LogP contribution in [0.15, 0.2) is 28.1 Å². The number of amides is 1. The lowest BCUT2D eigenvalue weighted by molar-refractivity contribution is -0.132. The van der Waals surface area contributed by atoms with Crippen LogP contribution >= 0.6 is 11.3 Å². The number of hydrogen-bond donors (Lipinski definition) is 0. The third-order valence-electron chi connectivity index (χ3n) is 4.86. The number of likely N-dealkylation sites (N-methyl/N-ethyl adjacent to an activating group) is 1. The number of thiophene rings is 1. The van der Waals surface area contributed by atoms with Crippen molar-refractivity contribution >= 4 is 17.2 Å². The summed E-state index contributed by atoms with van der Waals surface area (Å²) in [5.41, 5.74) is 0.973. The van der Waals surface area contributed by atoms with Crippen molar-refractivity contribution < 1.29 is 9.32 Å². The van der Waals surface area contributed by atoms with Crippen LogP contribution in [0, 0.1) is 0 Å². The topological polar surface area (TPSA) is 52.8 Å². The minimum absolute atomic E-state index is 0.237. The minimum Gasteiger partial charge on any atom is -0.355 e. The van der Waals surface area contributed by atoms with Gasteiger partial charge in [0.05, 0.1) is 17.1 Å². The van der Waals surface area contributed by atoms with Crippen molar-refractivity contribution in [1.29, 1.82) is 0 Å². The van der Waals surface area contributed by atoms with Crippen molar-refractivity contribution in [2.45, 2.75) is 26.8 Å². The average molecular weight is 377 g/mol. The second-order valence-electron chi connectivity index (χ2n) is 6.63. The Kier molecular flexibility index (Phi) is 6.82. The first-order chi connectivity index (χ1) is 12.7. The molecular formula is C19H28N4O2S. The maximum absolute atomic E-state index is 12.3. The second-order valence-corrected chi connectivity index (χ2v) is 7.58. The van der Waals surface area contributed by atoms with E-state index in [1.54, 1.807) is 11.3 Å². The van der Waals surface area contributed by atoms with E-state index in [-0.39, 0.29) is 5.91 Å². The van der Waals surface area contributed by atoms with E-state index < -0.39 is 0 Å². The van der Waals surface area contributed by atoms with Crippen LogP contribution in [0.4, 0.5) is 0 Å². The summed E-state index contributed by atoms with van der Waals surface area (Å²) in [5, 5.41) is 6.27. The van der Waals surface area contributed by atoms with Crippen molar-refractivity contribution in [2.24, 2.45) is 0 Å². The Morgan fingerprint density at radius 2 is 2.00 bits per heavy atom. The minimum atomic E-state index is 0.237. The van der Waals surface area contributed by atoms with Gasteiger partial charge < -0.3 is 9.42 Å². The fourth-order valence-electron chi connectivity index (χ4n) is 3.36. The molecule has 1 aliphatic heterocycles. The molecule has 0 unspecified atom stereocenters. The summed E-state index contributed by atoms with van der Waals surface area (Å²) < 4.78 is 5.48. The number of nitrogens with zero attached hydrogens (tertiary/aromatic N) is 4. The lowest BCUT2D eigenvalue weighted by atomic mass is 10.3. The van der Waals surface area contributed by atoms with Gasteiger partial charge in [-0.1, -0.05) is 11.2 Å². The lowest BCUT2D eigenvalue weighted by Crippen LogP contribution is -2.41. The third-order valence-corrected chi connectivity index (χ3v) is 5.75. The Balaban J connectivity index is 1.50. The molecule has 142 valence electrons. The van der Waals surface area contributed by atoms with Gasteiger partial charge in [-0.15, -0.1) is 11.3 Å². The van der Waals surface area contributed by atoms with Crippen molar-refractivity contribution in [3.63, 3.8) is 0 Å². The monoisotopic (exact) mass is 376 g/mol. The highest BCUT2D eigenvalue weighted by molar-refractivity contribution is 7.13. The molecule has 3 heterocycles. The largest absolute Gasteiger partial charge is 0.355 e. The Hall–Kier alpha value is -1.70. The number of carbonyl (C=O) groups is 1. The molecule has 7 heteroatoms. The molecule has 0 aliphatic carbocycles. The zero-order valence-electron chi connectivity index (χ0n) is 15.7. The zero-order valence-corrected chi connectivity index (χ0v) is 16.5. The molecule has 1 saturated heterocycles. The molecule has 0 atom stereocenters. The van der Waals surface area contributed by atoms with Crippen LogP contribution < -0.4 is 0 Å². The predicted octanol–water partition coefficient (Wildman–Crippen LogP) is 2.78. The summed E-state index contributed by atoms with van der Waals surface area (Å²) >= 11 is 1.66. The highest BCUT2D eigenvalue weighted by Crippen LogP contribution is 2.25. The van der Waals surface area contributed by atoms with Gasteiger partial charge in [0.15, 0.2) is 5.76 Å². The summed E-state index contributed by atoms with van der Waals surface area (Å²) in [5.74, 6) is 1.08. The predicted molar refractivity (Wildman–Crippen MR) is 104 cm³/mol. The van der Waals surface area contributed by atoms with Crippen molar-refractivity contribution in [2.75, 3.05) is 45.8 Å². The highest BCUT2D eigenvalue weighted by atomic mass is 32.1. The number of carbonyl (C=O) groups excluding carboxylic acids is 1. The summed E-state index contributed by atoms with van der Waals surface area (Å²) in [7, 11) is 0. The molecule has 0 aromatic carbocycles. The molecule has 6 nitrogen and oxygen atoms in total. The number of hydrogen-bond acceptors (Lipinski definition) is 6. The van der Waals surface area contributed by atoms with Crippen LogP contribution in [-0.4, -0.2) is 71.6 Å². The van der Waals surface area contributed by atoms with Crippen LogP contribution in [0.2, 0.25) is 0 Å². The second kappa shape index (κ2) is 9.30. The van der Waals surface area contributed by atoms with E-state index in [1.807, 2.05) is 42.3 Å². The molecule has 0 spiro atoms. The van der Waals surface area contributed by atoms with Gasteiger partial charge in [0.2, 0.25) is 5.91 Å². The quantitative estimate of drug-likeness (QED) is 0.744. The Labute approximate surface area is 159 Å². The van der Waals surface area contributed by atoms with Crippen molar-refractivity contribution in [1.82, 2.24) is 19.9 Å². The van der Waals surface area contributed by atoms with Crippen LogP contribution in [0.1, 0.15) is 26.0 Å². The van der Waals surface area contributed by atoms with Crippen LogP contribution in [0.5, 0.6) is 0 Å². The van der Waals surface area contributed by atoms with Gasteiger partial charge in [0.1, 0.15) is 0 Å². The molecule has 0 radical (unpaired) electrons. The Morgan fingerprint density at radius 1 is 1.23 bits per heavy atom. The molecule has 2 aromatic rings. The van der Waals surface area contributed by atoms with Gasteiger partial charge in [-0.25, -0.2) is 0 Å². The van der Waals surface area contributed by atoms with Crippen molar-refractivity contribution in [3.05, 3.63) is 29.3 Å². The van der Waals surface area contributed by atoms with E-state index in [2.05, 4.69) is 15.0 Å². The molecule has 1 fully saturated rings. The van der Waals surface area contributed by atoms with E-state index in [0.29, 0.717) is 6.54 Å². The Bertz CT molecular complexity index is 682. The maximum atomic E-state index is 12.3. The SMILES string of the molecule is CCN(CC)C(=O)CN1CCCN(Cc2cc(-c3cccs3)on2)CC1. The molecule has 0 N–H and O–H groups in total. The summed E-state index contributed by atoms with van der Waals surface area (Å²) in [4.78, 5) is 20.0. The fourth-order valence-corrected chi connectivity index (χ4v) is 4.03. The summed E-state index contributed by atoms with van der Waals surface area (Å²) in [6.45, 7) is 10.8. The fraction of sp³-hybridized carbons (Fsp3) is 0.579. The van der Waals surface area contributed by atoms with Gasteiger partial charge in [-0.2, -0.15) is 0 Å². The van der Waals surface area contributed by atoms with E-state index in [0.717, 1.165) is 68.6 Å². The first-order valence-corrected chi connectivity index (χ1v) is 10.3. The standard InChI is InChI=1S/C19H28N4O2S/c1-3-23(4-2)19(24)15-22-9-6-8-21(10-11-22)14-16-13-17(25-20-16)18-7-5-12-26-18/h5,7,12-13H,3-4,6,8-11,14-15H2,1-2H3. The van der Waals surface area contributed by atoms with Gasteiger partial charge in [0.25, 0.3) is 0 Å². The molecule has 1 aliphatic rings. The summed E-state index contributed by atoms with van der Waals surface area (Å²) in [6, 6.07) is 6.11. The van der Waals surface area contributed by atoms with E-state index in [4.69, 9.17) is 4.52 Å². The molecule has 0 saturated carbocycles. The number of aromatic nitrogens is 1. The van der Waals surface area contributed by atoms with Crippen LogP contribution in [-0.2, 0) is 11.3 Å². The zero-order chi connectivity index (χ0) is 18.4. The molecule has 26 heavy (non-hydrogen) atoms. The van der Waals surface area contributed by atoms with Crippen molar-refractivity contribution in [3.8, 4) is 10.6 Å². The first-order valence-electron chi connectivity index (χ1n) is 9.41. The van der Waals surface area contributed by atoms with Gasteiger partial charge in [-0.3, -0.25) is 14.6 Å². The average Bonchev–Trinajstić information content (AvgIpc) is 3.27. The Morgan fingerprint density at radius 3 is 2.73 bits per heavy atom. The molecule has 2 aromatic heterocycles. The van der Waals surface area contributed by atoms with Gasteiger partial charge in [0, 0.05) is 38.8 Å². The smallest absolute Gasteiger partial charge is 0.236 e. The maximum Gasteiger partial charge on any atom is 0.236 e. The van der Waals surface area contributed by atoms with Crippen LogP contribution in [0.3, 0.4) is 0 Å². The first kappa shape index (κ1) is 19.1. The van der Waals surface area contributed by atoms with E-state index >= 15 is 0 Å². The van der Waals surface area contributed by atoms with Gasteiger partial charge in [-0.05, 0) is 44.8 Å². The molecular weight excluding hydrogens is 348 g/mol. The van der Waals surface area contributed by atoms with Crippen LogP contribution in [0.25, 0.3) is 10.6 Å². The third kappa shape index (κ3) is 4.93. The highest BCUT2D eigenvalue weighted by Gasteiger charge is 2.20. The van der Waals surface area contributed by atoms with E-state index in [1.165, 1.54) is 0 Å². The van der Waals surface area contributed by atoms with Gasteiger partial charge >= 0.3 is 0 Å². The number of rotatable bonds is 7. The van der Waals surface area contributed by atoms with E-state index in [9.17, 15) is 4.79 Å². The normalized spacial score (nSPS) is 16.5. The molecule has 3 rings (SSSR count). The molecule has 0 bridgehead atoms. The molecule has 1 amide bonds. The summed E-state index contributed by atoms with van der Waals surface area (Å²) in [6.07, 6.45) is 1.07.